The van der Waals surface area contributed by atoms with Crippen LogP contribution in [-0.2, 0) is 10.3 Å². The standard InChI is InChI=1S/C14H18O2/c1-13(2,15)12-9-14(10-12,16-3)11-7-5-4-6-8-11/h4-9,15H,10H2,1-3H3. The second-order valence-corrected chi connectivity index (χ2v) is 4.87. The van der Waals surface area contributed by atoms with E-state index >= 15 is 0 Å². The summed E-state index contributed by atoms with van der Waals surface area (Å²) in [7, 11) is 1.71. The normalized spacial score (nSPS) is 24.9. The van der Waals surface area contributed by atoms with Crippen LogP contribution in [0.2, 0.25) is 0 Å². The van der Waals surface area contributed by atoms with Crippen LogP contribution in [0.5, 0.6) is 0 Å². The molecule has 0 aliphatic heterocycles. The molecule has 1 unspecified atom stereocenters. The molecule has 0 saturated heterocycles. The third-order valence-electron chi connectivity index (χ3n) is 3.27. The number of methoxy groups -OCH3 is 1. The minimum Gasteiger partial charge on any atom is -0.386 e. The van der Waals surface area contributed by atoms with Crippen LogP contribution < -0.4 is 0 Å². The van der Waals surface area contributed by atoms with Gasteiger partial charge in [-0.1, -0.05) is 30.3 Å². The predicted molar refractivity (Wildman–Crippen MR) is 64.1 cm³/mol. The van der Waals surface area contributed by atoms with Crippen molar-refractivity contribution in [3.05, 3.63) is 47.5 Å². The molecule has 1 aromatic rings. The van der Waals surface area contributed by atoms with E-state index in [1.165, 1.54) is 0 Å². The van der Waals surface area contributed by atoms with Crippen LogP contribution in [0.1, 0.15) is 25.8 Å². The molecule has 0 bridgehead atoms. The van der Waals surface area contributed by atoms with Crippen molar-refractivity contribution in [2.75, 3.05) is 7.11 Å². The van der Waals surface area contributed by atoms with Gasteiger partial charge in [-0.05, 0) is 31.1 Å². The molecule has 0 amide bonds. The molecule has 0 saturated carbocycles. The zero-order valence-electron chi connectivity index (χ0n) is 10.0. The zero-order chi connectivity index (χ0) is 11.8. The van der Waals surface area contributed by atoms with Crippen molar-refractivity contribution >= 4 is 0 Å². The summed E-state index contributed by atoms with van der Waals surface area (Å²) >= 11 is 0. The molecule has 0 radical (unpaired) electrons. The number of rotatable bonds is 3. The minimum absolute atomic E-state index is 0.337. The van der Waals surface area contributed by atoms with Gasteiger partial charge in [0.2, 0.25) is 0 Å². The number of benzene rings is 1. The molecule has 1 aromatic carbocycles. The first kappa shape index (κ1) is 11.4. The van der Waals surface area contributed by atoms with E-state index in [4.69, 9.17) is 4.74 Å². The van der Waals surface area contributed by atoms with Gasteiger partial charge < -0.3 is 9.84 Å². The fourth-order valence-electron chi connectivity index (χ4n) is 2.08. The molecule has 2 heteroatoms. The summed E-state index contributed by atoms with van der Waals surface area (Å²) < 4.78 is 5.60. The molecule has 86 valence electrons. The Morgan fingerprint density at radius 1 is 1.25 bits per heavy atom. The molecule has 2 rings (SSSR count). The van der Waals surface area contributed by atoms with E-state index in [1.54, 1.807) is 7.11 Å². The Bertz CT molecular complexity index is 400. The molecule has 0 heterocycles. The van der Waals surface area contributed by atoms with Gasteiger partial charge in [0.25, 0.3) is 0 Å². The average Bonchev–Trinajstić information content (AvgIpc) is 2.16. The summed E-state index contributed by atoms with van der Waals surface area (Å²) in [6.07, 6.45) is 2.79. The van der Waals surface area contributed by atoms with Crippen LogP contribution in [0.25, 0.3) is 0 Å². The Kier molecular flexibility index (Phi) is 2.64. The van der Waals surface area contributed by atoms with Crippen molar-refractivity contribution < 1.29 is 9.84 Å². The van der Waals surface area contributed by atoms with Gasteiger partial charge in [0.15, 0.2) is 0 Å². The molecule has 0 aromatic heterocycles. The lowest BCUT2D eigenvalue weighted by atomic mass is 9.71. The summed E-state index contributed by atoms with van der Waals surface area (Å²) in [4.78, 5) is 0. The van der Waals surface area contributed by atoms with Crippen LogP contribution in [0.3, 0.4) is 0 Å². The van der Waals surface area contributed by atoms with Crippen molar-refractivity contribution in [2.45, 2.75) is 31.5 Å². The van der Waals surface area contributed by atoms with Gasteiger partial charge in [-0.25, -0.2) is 0 Å². The number of aliphatic hydroxyl groups is 1. The van der Waals surface area contributed by atoms with Crippen molar-refractivity contribution in [2.24, 2.45) is 0 Å². The monoisotopic (exact) mass is 218 g/mol. The fraction of sp³-hybridized carbons (Fsp3) is 0.429. The quantitative estimate of drug-likeness (QED) is 0.790. The Labute approximate surface area is 96.6 Å². The lowest BCUT2D eigenvalue weighted by Crippen LogP contribution is -2.41. The first-order valence-electron chi connectivity index (χ1n) is 5.53. The van der Waals surface area contributed by atoms with Crippen molar-refractivity contribution in [1.29, 1.82) is 0 Å². The Morgan fingerprint density at radius 3 is 2.25 bits per heavy atom. The van der Waals surface area contributed by atoms with Gasteiger partial charge in [0.1, 0.15) is 5.60 Å². The molecular weight excluding hydrogens is 200 g/mol. The zero-order valence-corrected chi connectivity index (χ0v) is 10.0. The predicted octanol–water partition coefficient (Wildman–Crippen LogP) is 2.63. The van der Waals surface area contributed by atoms with Gasteiger partial charge in [-0.3, -0.25) is 0 Å². The molecule has 1 aliphatic carbocycles. The maximum atomic E-state index is 9.89. The smallest absolute Gasteiger partial charge is 0.115 e. The lowest BCUT2D eigenvalue weighted by molar-refractivity contribution is -0.00936. The second-order valence-electron chi connectivity index (χ2n) is 4.87. The second kappa shape index (κ2) is 3.72. The van der Waals surface area contributed by atoms with Gasteiger partial charge in [-0.15, -0.1) is 0 Å². The van der Waals surface area contributed by atoms with Crippen LogP contribution in [0, 0.1) is 0 Å². The number of ether oxygens (including phenoxy) is 1. The highest BCUT2D eigenvalue weighted by atomic mass is 16.5. The highest BCUT2D eigenvalue weighted by Crippen LogP contribution is 2.46. The van der Waals surface area contributed by atoms with Crippen molar-refractivity contribution in [3.63, 3.8) is 0 Å². The van der Waals surface area contributed by atoms with E-state index < -0.39 is 5.60 Å². The first-order valence-corrected chi connectivity index (χ1v) is 5.53. The van der Waals surface area contributed by atoms with Crippen molar-refractivity contribution in [3.8, 4) is 0 Å². The summed E-state index contributed by atoms with van der Waals surface area (Å²) in [6.45, 7) is 3.62. The van der Waals surface area contributed by atoms with Crippen LogP contribution in [0.15, 0.2) is 42.0 Å². The highest BCUT2D eigenvalue weighted by molar-refractivity contribution is 5.41. The molecule has 0 fully saturated rings. The molecule has 2 nitrogen and oxygen atoms in total. The van der Waals surface area contributed by atoms with Gasteiger partial charge in [0.05, 0.1) is 5.60 Å². The van der Waals surface area contributed by atoms with Gasteiger partial charge >= 0.3 is 0 Å². The molecule has 1 aliphatic rings. The summed E-state index contributed by atoms with van der Waals surface area (Å²) in [5, 5.41) is 9.89. The summed E-state index contributed by atoms with van der Waals surface area (Å²) in [6, 6.07) is 10.1. The average molecular weight is 218 g/mol. The van der Waals surface area contributed by atoms with E-state index in [0.717, 1.165) is 17.6 Å². The Balaban J connectivity index is 2.31. The van der Waals surface area contributed by atoms with Gasteiger partial charge in [-0.2, -0.15) is 0 Å². The molecule has 16 heavy (non-hydrogen) atoms. The molecule has 1 N–H and O–H groups in total. The maximum Gasteiger partial charge on any atom is 0.115 e. The maximum absolute atomic E-state index is 9.89. The molecule has 0 spiro atoms. The lowest BCUT2D eigenvalue weighted by Gasteiger charge is -2.43. The Morgan fingerprint density at radius 2 is 1.81 bits per heavy atom. The summed E-state index contributed by atoms with van der Waals surface area (Å²) in [5.74, 6) is 0. The van der Waals surface area contributed by atoms with Crippen LogP contribution >= 0.6 is 0 Å². The van der Waals surface area contributed by atoms with E-state index in [0.29, 0.717) is 0 Å². The third-order valence-corrected chi connectivity index (χ3v) is 3.27. The Hall–Kier alpha value is -1.12. The molecular formula is C14H18O2. The largest absolute Gasteiger partial charge is 0.386 e. The SMILES string of the molecule is COC1(c2ccccc2)C=C(C(C)(C)O)C1. The number of hydrogen-bond donors (Lipinski definition) is 1. The van der Waals surface area contributed by atoms with E-state index in [-0.39, 0.29) is 5.60 Å². The first-order chi connectivity index (χ1) is 7.48. The fourth-order valence-corrected chi connectivity index (χ4v) is 2.08. The van der Waals surface area contributed by atoms with E-state index in [2.05, 4.69) is 12.1 Å². The topological polar surface area (TPSA) is 29.5 Å². The van der Waals surface area contributed by atoms with E-state index in [9.17, 15) is 5.11 Å². The van der Waals surface area contributed by atoms with Crippen LogP contribution in [-0.4, -0.2) is 17.8 Å². The van der Waals surface area contributed by atoms with Gasteiger partial charge in [0, 0.05) is 13.5 Å². The number of hydrogen-bond acceptors (Lipinski definition) is 2. The van der Waals surface area contributed by atoms with Crippen LogP contribution in [0.4, 0.5) is 0 Å². The summed E-state index contributed by atoms with van der Waals surface area (Å²) in [5.41, 5.74) is 1.11. The highest BCUT2D eigenvalue weighted by Gasteiger charge is 2.42. The molecule has 1 atom stereocenters. The van der Waals surface area contributed by atoms with E-state index in [1.807, 2.05) is 38.1 Å². The third kappa shape index (κ3) is 1.79. The minimum atomic E-state index is -0.739. The van der Waals surface area contributed by atoms with Crippen molar-refractivity contribution in [1.82, 2.24) is 0 Å².